The van der Waals surface area contributed by atoms with Crippen molar-refractivity contribution < 1.29 is 9.90 Å². The lowest BCUT2D eigenvalue weighted by Gasteiger charge is -2.19. The van der Waals surface area contributed by atoms with Gasteiger partial charge in [-0.05, 0) is 25.5 Å². The minimum atomic E-state index is -0.0119. The summed E-state index contributed by atoms with van der Waals surface area (Å²) in [6.07, 6.45) is 0.611. The number of carbonyl (C=O) groups is 1. The molecule has 1 amide bonds. The van der Waals surface area contributed by atoms with E-state index in [9.17, 15) is 4.79 Å². The molecule has 1 aromatic heterocycles. The first-order chi connectivity index (χ1) is 8.76. The fourth-order valence-corrected chi connectivity index (χ4v) is 2.02. The van der Waals surface area contributed by atoms with Crippen LogP contribution in [0.2, 0.25) is 0 Å². The van der Waals surface area contributed by atoms with Crippen LogP contribution in [0.5, 0.6) is 0 Å². The Morgan fingerprint density at radius 2 is 2.17 bits per heavy atom. The molecule has 0 saturated carbocycles. The molecule has 0 aliphatic carbocycles. The van der Waals surface area contributed by atoms with Gasteiger partial charge < -0.3 is 15.0 Å². The molecule has 2 N–H and O–H groups in total. The number of nitrogens with one attached hydrogen (secondary N) is 1. The Balaban J connectivity index is 2.21. The van der Waals surface area contributed by atoms with Gasteiger partial charge in [-0.3, -0.25) is 4.79 Å². The summed E-state index contributed by atoms with van der Waals surface area (Å²) in [5.74, 6) is -0.0119. The SMILES string of the molecule is CCN(CCCO)C(=O)c1cc2ccccc2[nH]1. The van der Waals surface area contributed by atoms with Gasteiger partial charge in [-0.25, -0.2) is 0 Å². The number of aliphatic hydroxyl groups is 1. The summed E-state index contributed by atoms with van der Waals surface area (Å²) in [6, 6.07) is 9.70. The van der Waals surface area contributed by atoms with E-state index in [0.29, 0.717) is 25.2 Å². The molecule has 0 unspecified atom stereocenters. The Morgan fingerprint density at radius 3 is 2.83 bits per heavy atom. The van der Waals surface area contributed by atoms with E-state index in [0.717, 1.165) is 10.9 Å². The molecule has 96 valence electrons. The maximum absolute atomic E-state index is 12.3. The number of amides is 1. The van der Waals surface area contributed by atoms with Crippen LogP contribution in [0.15, 0.2) is 30.3 Å². The monoisotopic (exact) mass is 246 g/mol. The normalized spacial score (nSPS) is 10.8. The second kappa shape index (κ2) is 5.69. The molecule has 0 fully saturated rings. The minimum Gasteiger partial charge on any atom is -0.396 e. The zero-order valence-corrected chi connectivity index (χ0v) is 10.5. The number of aromatic nitrogens is 1. The van der Waals surface area contributed by atoms with Crippen molar-refractivity contribution in [1.82, 2.24) is 9.88 Å². The molecular formula is C14H18N2O2. The number of rotatable bonds is 5. The molecule has 1 aromatic carbocycles. The van der Waals surface area contributed by atoms with Gasteiger partial charge >= 0.3 is 0 Å². The van der Waals surface area contributed by atoms with Crippen molar-refractivity contribution in [3.05, 3.63) is 36.0 Å². The summed E-state index contributed by atoms with van der Waals surface area (Å²) >= 11 is 0. The largest absolute Gasteiger partial charge is 0.396 e. The van der Waals surface area contributed by atoms with E-state index in [2.05, 4.69) is 4.98 Å². The smallest absolute Gasteiger partial charge is 0.270 e. The Kier molecular flexibility index (Phi) is 3.99. The highest BCUT2D eigenvalue weighted by Crippen LogP contribution is 2.16. The Labute approximate surface area is 106 Å². The number of para-hydroxylation sites is 1. The quantitative estimate of drug-likeness (QED) is 0.848. The van der Waals surface area contributed by atoms with Gasteiger partial charge in [0.2, 0.25) is 0 Å². The third-order valence-corrected chi connectivity index (χ3v) is 3.02. The lowest BCUT2D eigenvalue weighted by atomic mass is 10.2. The van der Waals surface area contributed by atoms with Crippen molar-refractivity contribution in [2.75, 3.05) is 19.7 Å². The number of aliphatic hydroxyl groups excluding tert-OH is 1. The van der Waals surface area contributed by atoms with Crippen molar-refractivity contribution >= 4 is 16.8 Å². The summed E-state index contributed by atoms with van der Waals surface area (Å²) < 4.78 is 0. The molecule has 0 saturated heterocycles. The first-order valence-corrected chi connectivity index (χ1v) is 6.24. The van der Waals surface area contributed by atoms with Crippen LogP contribution in [0.4, 0.5) is 0 Å². The van der Waals surface area contributed by atoms with Crippen LogP contribution in [-0.2, 0) is 0 Å². The Hall–Kier alpha value is -1.81. The zero-order chi connectivity index (χ0) is 13.0. The van der Waals surface area contributed by atoms with Crippen LogP contribution in [0.1, 0.15) is 23.8 Å². The molecule has 0 spiro atoms. The number of nitrogens with zero attached hydrogens (tertiary/aromatic N) is 1. The van der Waals surface area contributed by atoms with Crippen LogP contribution in [0, 0.1) is 0 Å². The van der Waals surface area contributed by atoms with E-state index in [-0.39, 0.29) is 12.5 Å². The van der Waals surface area contributed by atoms with Crippen LogP contribution in [-0.4, -0.2) is 40.6 Å². The van der Waals surface area contributed by atoms with Gasteiger partial charge in [-0.15, -0.1) is 0 Å². The molecule has 2 aromatic rings. The average molecular weight is 246 g/mol. The van der Waals surface area contributed by atoms with E-state index in [4.69, 9.17) is 5.11 Å². The number of H-pyrrole nitrogens is 1. The van der Waals surface area contributed by atoms with Gasteiger partial charge in [0, 0.05) is 30.6 Å². The van der Waals surface area contributed by atoms with Gasteiger partial charge in [0.25, 0.3) is 5.91 Å². The maximum Gasteiger partial charge on any atom is 0.270 e. The fourth-order valence-electron chi connectivity index (χ4n) is 2.02. The Morgan fingerprint density at radius 1 is 1.39 bits per heavy atom. The molecule has 0 aliphatic rings. The average Bonchev–Trinajstić information content (AvgIpc) is 2.83. The molecule has 4 heteroatoms. The summed E-state index contributed by atoms with van der Waals surface area (Å²) in [5, 5.41) is 9.87. The molecule has 0 radical (unpaired) electrons. The van der Waals surface area contributed by atoms with E-state index >= 15 is 0 Å². The summed E-state index contributed by atoms with van der Waals surface area (Å²) in [7, 11) is 0. The standard InChI is InChI=1S/C14H18N2O2/c1-2-16(8-5-9-17)14(18)13-10-11-6-3-4-7-12(11)15-13/h3-4,6-7,10,15,17H,2,5,8-9H2,1H3. The third kappa shape index (κ3) is 2.54. The van der Waals surface area contributed by atoms with E-state index in [1.165, 1.54) is 0 Å². The van der Waals surface area contributed by atoms with E-state index in [1.807, 2.05) is 37.3 Å². The Bertz CT molecular complexity index is 500. The predicted octanol–water partition coefficient (Wildman–Crippen LogP) is 2.01. The highest BCUT2D eigenvalue weighted by molar-refractivity contribution is 5.97. The second-order valence-corrected chi connectivity index (χ2v) is 4.23. The number of benzene rings is 1. The topological polar surface area (TPSA) is 56.3 Å². The molecule has 0 aliphatic heterocycles. The number of fused-ring (bicyclic) bond motifs is 1. The van der Waals surface area contributed by atoms with Crippen molar-refractivity contribution in [2.45, 2.75) is 13.3 Å². The highest BCUT2D eigenvalue weighted by Gasteiger charge is 2.15. The maximum atomic E-state index is 12.3. The first kappa shape index (κ1) is 12.6. The van der Waals surface area contributed by atoms with Crippen LogP contribution in [0.3, 0.4) is 0 Å². The zero-order valence-electron chi connectivity index (χ0n) is 10.5. The van der Waals surface area contributed by atoms with Gasteiger partial charge in [-0.2, -0.15) is 0 Å². The molecule has 0 atom stereocenters. The van der Waals surface area contributed by atoms with Crippen LogP contribution >= 0.6 is 0 Å². The second-order valence-electron chi connectivity index (χ2n) is 4.23. The van der Waals surface area contributed by atoms with Crippen molar-refractivity contribution in [2.24, 2.45) is 0 Å². The fraction of sp³-hybridized carbons (Fsp3) is 0.357. The highest BCUT2D eigenvalue weighted by atomic mass is 16.3. The molecule has 4 nitrogen and oxygen atoms in total. The molecular weight excluding hydrogens is 228 g/mol. The van der Waals surface area contributed by atoms with Gasteiger partial charge in [-0.1, -0.05) is 18.2 Å². The van der Waals surface area contributed by atoms with E-state index in [1.54, 1.807) is 4.90 Å². The minimum absolute atomic E-state index is 0.0119. The summed E-state index contributed by atoms with van der Waals surface area (Å²) in [6.45, 7) is 3.28. The number of carbonyl (C=O) groups excluding carboxylic acids is 1. The molecule has 18 heavy (non-hydrogen) atoms. The molecule has 2 rings (SSSR count). The molecule has 0 bridgehead atoms. The summed E-state index contributed by atoms with van der Waals surface area (Å²) in [4.78, 5) is 17.1. The van der Waals surface area contributed by atoms with Gasteiger partial charge in [0.05, 0.1) is 0 Å². The van der Waals surface area contributed by atoms with Crippen LogP contribution < -0.4 is 0 Å². The predicted molar refractivity (Wildman–Crippen MR) is 71.6 cm³/mol. The number of hydrogen-bond donors (Lipinski definition) is 2. The van der Waals surface area contributed by atoms with E-state index < -0.39 is 0 Å². The molecule has 1 heterocycles. The lowest BCUT2D eigenvalue weighted by Crippen LogP contribution is -2.32. The number of hydrogen-bond acceptors (Lipinski definition) is 2. The lowest BCUT2D eigenvalue weighted by molar-refractivity contribution is 0.0749. The third-order valence-electron chi connectivity index (χ3n) is 3.02. The van der Waals surface area contributed by atoms with Gasteiger partial charge in [0.1, 0.15) is 5.69 Å². The van der Waals surface area contributed by atoms with Crippen LogP contribution in [0.25, 0.3) is 10.9 Å². The first-order valence-electron chi connectivity index (χ1n) is 6.24. The van der Waals surface area contributed by atoms with Gasteiger partial charge in [0.15, 0.2) is 0 Å². The van der Waals surface area contributed by atoms with Crippen molar-refractivity contribution in [3.8, 4) is 0 Å². The van der Waals surface area contributed by atoms with Crippen molar-refractivity contribution in [3.63, 3.8) is 0 Å². The van der Waals surface area contributed by atoms with Crippen molar-refractivity contribution in [1.29, 1.82) is 0 Å². The summed E-state index contributed by atoms with van der Waals surface area (Å²) in [5.41, 5.74) is 1.58. The number of aromatic amines is 1.